The minimum atomic E-state index is -0.510. The van der Waals surface area contributed by atoms with E-state index in [1.807, 2.05) is 13.2 Å². The molecule has 1 aromatic heterocycles. The number of hydrogen-bond acceptors (Lipinski definition) is 3. The molecule has 1 heterocycles. The number of aromatic nitrogens is 1. The molecule has 0 aliphatic carbocycles. The normalized spacial score (nSPS) is 9.50. The number of carbonyl (C=O) groups excluding carboxylic acids is 2. The van der Waals surface area contributed by atoms with Gasteiger partial charge in [-0.15, -0.1) is 0 Å². The van der Waals surface area contributed by atoms with Crippen molar-refractivity contribution in [3.8, 4) is 0 Å². The molecule has 4 nitrogen and oxygen atoms in total. The second-order valence-electron chi connectivity index (χ2n) is 4.12. The molecular weight excluding hydrogens is 278 g/mol. The van der Waals surface area contributed by atoms with Crippen LogP contribution >= 0.6 is 0 Å². The third-order valence-corrected chi connectivity index (χ3v) is 2.78. The van der Waals surface area contributed by atoms with E-state index in [0.29, 0.717) is 11.1 Å². The zero-order valence-corrected chi connectivity index (χ0v) is 11.9. The van der Waals surface area contributed by atoms with Crippen molar-refractivity contribution in [3.05, 3.63) is 65.5 Å². The summed E-state index contributed by atoms with van der Waals surface area (Å²) in [7, 11) is 3.13. The monoisotopic (exact) mass is 291 g/mol. The van der Waals surface area contributed by atoms with Crippen LogP contribution in [0, 0.1) is 0 Å². The molecule has 0 saturated heterocycles. The maximum Gasteiger partial charge on any atom is 0.338 e. The first-order valence-electron chi connectivity index (χ1n) is 5.81. The van der Waals surface area contributed by atoms with Gasteiger partial charge in [0.2, 0.25) is 0 Å². The number of esters is 1. The van der Waals surface area contributed by atoms with E-state index in [1.54, 1.807) is 47.2 Å². The summed E-state index contributed by atoms with van der Waals surface area (Å²) in [5, 5.41) is 0. The molecule has 104 valence electrons. The standard InChI is InChI=1S/C15H14NO3.ClH/c1-16-9-5-6-11(10-16)14(17)12-7-3-4-8-13(12)15(18)19-2;/h3-10H,1-2H3;1H/q+1;/p-1. The molecule has 0 unspecified atom stereocenters. The molecule has 0 spiro atoms. The Hall–Kier alpha value is -2.20. The number of carbonyl (C=O) groups is 2. The van der Waals surface area contributed by atoms with Crippen LogP contribution in [0.25, 0.3) is 0 Å². The van der Waals surface area contributed by atoms with Crippen LogP contribution in [0.15, 0.2) is 48.8 Å². The number of ether oxygens (including phenoxy) is 1. The highest BCUT2D eigenvalue weighted by Gasteiger charge is 2.19. The Morgan fingerprint density at radius 3 is 2.30 bits per heavy atom. The van der Waals surface area contributed by atoms with Gasteiger partial charge in [0.1, 0.15) is 7.05 Å². The summed E-state index contributed by atoms with van der Waals surface area (Å²) < 4.78 is 6.48. The first kappa shape index (κ1) is 15.9. The fraction of sp³-hybridized carbons (Fsp3) is 0.133. The van der Waals surface area contributed by atoms with E-state index in [1.165, 1.54) is 7.11 Å². The molecular formula is C15H14ClNO3. The molecule has 5 heteroatoms. The quantitative estimate of drug-likeness (QED) is 0.394. The highest BCUT2D eigenvalue weighted by molar-refractivity contribution is 6.14. The van der Waals surface area contributed by atoms with Gasteiger partial charge in [0.15, 0.2) is 18.2 Å². The van der Waals surface area contributed by atoms with Crippen molar-refractivity contribution < 1.29 is 31.3 Å². The summed E-state index contributed by atoms with van der Waals surface area (Å²) in [5.41, 5.74) is 1.16. The Kier molecular flexibility index (Phi) is 5.41. The van der Waals surface area contributed by atoms with E-state index >= 15 is 0 Å². The van der Waals surface area contributed by atoms with Crippen LogP contribution in [0.3, 0.4) is 0 Å². The van der Waals surface area contributed by atoms with Gasteiger partial charge >= 0.3 is 5.97 Å². The Labute approximate surface area is 123 Å². The van der Waals surface area contributed by atoms with Crippen molar-refractivity contribution in [3.63, 3.8) is 0 Å². The van der Waals surface area contributed by atoms with Gasteiger partial charge in [0.25, 0.3) is 0 Å². The molecule has 0 fully saturated rings. The predicted molar refractivity (Wildman–Crippen MR) is 68.8 cm³/mol. The van der Waals surface area contributed by atoms with Gasteiger partial charge in [-0.1, -0.05) is 18.2 Å². The number of rotatable bonds is 3. The van der Waals surface area contributed by atoms with E-state index in [4.69, 9.17) is 4.74 Å². The minimum Gasteiger partial charge on any atom is -1.00 e. The van der Waals surface area contributed by atoms with Gasteiger partial charge in [0.05, 0.1) is 18.2 Å². The van der Waals surface area contributed by atoms with Gasteiger partial charge in [0, 0.05) is 11.6 Å². The number of halogens is 1. The molecule has 20 heavy (non-hydrogen) atoms. The van der Waals surface area contributed by atoms with Gasteiger partial charge in [-0.2, -0.15) is 0 Å². The third-order valence-electron chi connectivity index (χ3n) is 2.78. The predicted octanol–water partition coefficient (Wildman–Crippen LogP) is -1.47. The molecule has 0 amide bonds. The van der Waals surface area contributed by atoms with Crippen LogP contribution in [0.4, 0.5) is 0 Å². The summed E-state index contributed by atoms with van der Waals surface area (Å²) in [4.78, 5) is 24.1. The lowest BCUT2D eigenvalue weighted by Crippen LogP contribution is -3.00. The average Bonchev–Trinajstić information content (AvgIpc) is 2.45. The van der Waals surface area contributed by atoms with Crippen molar-refractivity contribution in [2.75, 3.05) is 7.11 Å². The van der Waals surface area contributed by atoms with Gasteiger partial charge in [-0.3, -0.25) is 4.79 Å². The van der Waals surface area contributed by atoms with Gasteiger partial charge < -0.3 is 17.1 Å². The molecule has 0 saturated carbocycles. The molecule has 2 rings (SSSR count). The molecule has 2 aromatic rings. The Morgan fingerprint density at radius 1 is 1.05 bits per heavy atom. The van der Waals surface area contributed by atoms with Gasteiger partial charge in [-0.25, -0.2) is 9.36 Å². The number of pyridine rings is 1. The lowest BCUT2D eigenvalue weighted by molar-refractivity contribution is -0.671. The van der Waals surface area contributed by atoms with E-state index < -0.39 is 5.97 Å². The maximum atomic E-state index is 12.4. The number of aryl methyl sites for hydroxylation is 1. The van der Waals surface area contributed by atoms with E-state index in [9.17, 15) is 9.59 Å². The van der Waals surface area contributed by atoms with E-state index in [-0.39, 0.29) is 23.8 Å². The summed E-state index contributed by atoms with van der Waals surface area (Å²) in [6.07, 6.45) is 3.55. The van der Waals surface area contributed by atoms with Gasteiger partial charge in [-0.05, 0) is 12.1 Å². The summed E-state index contributed by atoms with van der Waals surface area (Å²) in [5.74, 6) is -0.707. The zero-order chi connectivity index (χ0) is 13.8. The highest BCUT2D eigenvalue weighted by atomic mass is 35.5. The van der Waals surface area contributed by atoms with Crippen LogP contribution in [0.2, 0.25) is 0 Å². The van der Waals surface area contributed by atoms with Crippen molar-refractivity contribution in [1.82, 2.24) is 0 Å². The summed E-state index contributed by atoms with van der Waals surface area (Å²) >= 11 is 0. The Balaban J connectivity index is 0.00000200. The molecule has 0 N–H and O–H groups in total. The third kappa shape index (κ3) is 3.22. The number of ketones is 1. The molecule has 0 atom stereocenters. The second-order valence-corrected chi connectivity index (χ2v) is 4.12. The summed E-state index contributed by atoms with van der Waals surface area (Å²) in [6.45, 7) is 0. The first-order valence-corrected chi connectivity index (χ1v) is 5.81. The fourth-order valence-corrected chi connectivity index (χ4v) is 1.85. The van der Waals surface area contributed by atoms with Crippen LogP contribution in [0.5, 0.6) is 0 Å². The van der Waals surface area contributed by atoms with E-state index in [2.05, 4.69) is 0 Å². The topological polar surface area (TPSA) is 47.3 Å². The molecule has 0 aliphatic heterocycles. The van der Waals surface area contributed by atoms with Crippen molar-refractivity contribution in [2.24, 2.45) is 7.05 Å². The average molecular weight is 292 g/mol. The summed E-state index contributed by atoms with van der Waals surface area (Å²) in [6, 6.07) is 10.1. The highest BCUT2D eigenvalue weighted by Crippen LogP contribution is 2.14. The van der Waals surface area contributed by atoms with Crippen molar-refractivity contribution in [2.45, 2.75) is 0 Å². The Bertz CT molecular complexity index is 641. The molecule has 0 aliphatic rings. The smallest absolute Gasteiger partial charge is 0.338 e. The molecule has 1 aromatic carbocycles. The fourth-order valence-electron chi connectivity index (χ4n) is 1.85. The van der Waals surface area contributed by atoms with Crippen molar-refractivity contribution in [1.29, 1.82) is 0 Å². The number of methoxy groups -OCH3 is 1. The number of benzene rings is 1. The number of nitrogens with zero attached hydrogens (tertiary/aromatic N) is 1. The second kappa shape index (κ2) is 6.82. The SMILES string of the molecule is COC(=O)c1ccccc1C(=O)c1ccc[n+](C)c1.[Cl-]. The number of hydrogen-bond donors (Lipinski definition) is 0. The first-order chi connectivity index (χ1) is 9.13. The Morgan fingerprint density at radius 2 is 1.70 bits per heavy atom. The largest absolute Gasteiger partial charge is 1.00 e. The molecule has 0 bridgehead atoms. The molecule has 0 radical (unpaired) electrons. The van der Waals surface area contributed by atoms with Crippen LogP contribution < -0.4 is 17.0 Å². The van der Waals surface area contributed by atoms with Crippen molar-refractivity contribution >= 4 is 11.8 Å². The minimum absolute atomic E-state index is 0. The maximum absolute atomic E-state index is 12.4. The van der Waals surface area contributed by atoms with Crippen LogP contribution in [-0.4, -0.2) is 18.9 Å². The van der Waals surface area contributed by atoms with E-state index in [0.717, 1.165) is 0 Å². The lowest BCUT2D eigenvalue weighted by Gasteiger charge is -2.06. The van der Waals surface area contributed by atoms with Crippen LogP contribution in [0.1, 0.15) is 26.3 Å². The van der Waals surface area contributed by atoms with Crippen LogP contribution in [-0.2, 0) is 11.8 Å². The zero-order valence-electron chi connectivity index (χ0n) is 11.2. The lowest BCUT2D eigenvalue weighted by atomic mass is 9.99.